The molecule has 0 fully saturated rings. The molecule has 1 aliphatic rings. The Kier molecular flexibility index (Phi) is 9.85. The minimum Gasteiger partial charge on any atom is -0.469 e. The monoisotopic (exact) mass is 491 g/mol. The van der Waals surface area contributed by atoms with E-state index in [0.29, 0.717) is 34.7 Å². The number of amides is 2. The van der Waals surface area contributed by atoms with Crippen molar-refractivity contribution < 1.29 is 14.3 Å². The number of methoxy groups -OCH3 is 1. The van der Waals surface area contributed by atoms with Gasteiger partial charge in [-0.3, -0.25) is 9.69 Å². The SMILES string of the molecule is COC(=O)CCCN(CCCNC(=O)Nc1ccc(Cl)c(Cl)c1)C1CCCc2ccccc21. The lowest BCUT2D eigenvalue weighted by Gasteiger charge is -2.36. The van der Waals surface area contributed by atoms with Gasteiger partial charge >= 0.3 is 12.0 Å². The molecular weight excluding hydrogens is 461 g/mol. The third-order valence-corrected chi connectivity index (χ3v) is 6.66. The largest absolute Gasteiger partial charge is 0.469 e. The summed E-state index contributed by atoms with van der Waals surface area (Å²) in [5.41, 5.74) is 3.38. The van der Waals surface area contributed by atoms with Crippen LogP contribution in [-0.4, -0.2) is 43.6 Å². The van der Waals surface area contributed by atoms with Gasteiger partial charge in [-0.05, 0) is 68.0 Å². The molecule has 0 spiro atoms. The quantitative estimate of drug-likeness (QED) is 0.323. The predicted octanol–water partition coefficient (Wildman–Crippen LogP) is 5.84. The minimum absolute atomic E-state index is 0.181. The number of hydrogen-bond acceptors (Lipinski definition) is 4. The van der Waals surface area contributed by atoms with Gasteiger partial charge in [0.1, 0.15) is 0 Å². The first-order valence-corrected chi connectivity index (χ1v) is 12.1. The van der Waals surface area contributed by atoms with Crippen molar-refractivity contribution in [2.45, 2.75) is 44.6 Å². The van der Waals surface area contributed by atoms with E-state index in [2.05, 4.69) is 39.8 Å². The third-order valence-electron chi connectivity index (χ3n) is 5.92. The zero-order valence-corrected chi connectivity index (χ0v) is 20.4. The highest BCUT2D eigenvalue weighted by Crippen LogP contribution is 2.34. The standard InChI is InChI=1S/C25H31Cl2N3O3/c1-33-24(31)11-5-15-30(23-10-4-8-18-7-2-3-9-20(18)23)16-6-14-28-25(32)29-19-12-13-21(26)22(27)17-19/h2-3,7,9,12-13,17,23H,4-6,8,10-11,14-16H2,1H3,(H2,28,29,32). The maximum atomic E-state index is 12.2. The lowest BCUT2D eigenvalue weighted by molar-refractivity contribution is -0.140. The highest BCUT2D eigenvalue weighted by molar-refractivity contribution is 6.42. The number of rotatable bonds is 10. The molecule has 0 aromatic heterocycles. The Morgan fingerprint density at radius 2 is 1.88 bits per heavy atom. The molecule has 0 bridgehead atoms. The van der Waals surface area contributed by atoms with Crippen molar-refractivity contribution >= 4 is 40.9 Å². The van der Waals surface area contributed by atoms with Gasteiger partial charge in [-0.1, -0.05) is 47.5 Å². The highest BCUT2D eigenvalue weighted by Gasteiger charge is 2.25. The summed E-state index contributed by atoms with van der Waals surface area (Å²) < 4.78 is 4.79. The van der Waals surface area contributed by atoms with E-state index in [1.54, 1.807) is 18.2 Å². The second-order valence-electron chi connectivity index (χ2n) is 8.19. The van der Waals surface area contributed by atoms with Gasteiger partial charge in [0, 0.05) is 31.2 Å². The van der Waals surface area contributed by atoms with Crippen LogP contribution in [-0.2, 0) is 16.0 Å². The molecule has 178 valence electrons. The van der Waals surface area contributed by atoms with E-state index < -0.39 is 0 Å². The number of carbonyl (C=O) groups excluding carboxylic acids is 2. The van der Waals surface area contributed by atoms with E-state index in [0.717, 1.165) is 45.2 Å². The number of carbonyl (C=O) groups is 2. The van der Waals surface area contributed by atoms with Crippen LogP contribution in [0.4, 0.5) is 10.5 Å². The molecule has 6 nitrogen and oxygen atoms in total. The summed E-state index contributed by atoms with van der Waals surface area (Å²) in [6.07, 6.45) is 5.31. The fourth-order valence-corrected chi connectivity index (χ4v) is 4.59. The number of nitrogens with zero attached hydrogens (tertiary/aromatic N) is 1. The topological polar surface area (TPSA) is 70.7 Å². The van der Waals surface area contributed by atoms with Crippen LogP contribution in [0.3, 0.4) is 0 Å². The van der Waals surface area contributed by atoms with Crippen molar-refractivity contribution in [3.63, 3.8) is 0 Å². The Hall–Kier alpha value is -2.28. The summed E-state index contributed by atoms with van der Waals surface area (Å²) in [4.78, 5) is 26.3. The molecule has 0 aliphatic heterocycles. The van der Waals surface area contributed by atoms with Gasteiger partial charge in [-0.25, -0.2) is 4.79 Å². The first-order chi connectivity index (χ1) is 16.0. The molecule has 2 aromatic rings. The molecule has 8 heteroatoms. The number of nitrogens with one attached hydrogen (secondary N) is 2. The molecule has 1 atom stereocenters. The van der Waals surface area contributed by atoms with Crippen LogP contribution < -0.4 is 10.6 Å². The average Bonchev–Trinajstić information content (AvgIpc) is 2.82. The van der Waals surface area contributed by atoms with Gasteiger partial charge in [-0.2, -0.15) is 0 Å². The van der Waals surface area contributed by atoms with Crippen LogP contribution in [0.5, 0.6) is 0 Å². The molecule has 1 aliphatic carbocycles. The van der Waals surface area contributed by atoms with E-state index in [4.69, 9.17) is 27.9 Å². The zero-order chi connectivity index (χ0) is 23.6. The molecule has 2 aromatic carbocycles. The van der Waals surface area contributed by atoms with Gasteiger partial charge in [0.05, 0.1) is 17.2 Å². The smallest absolute Gasteiger partial charge is 0.319 e. The molecule has 2 amide bonds. The van der Waals surface area contributed by atoms with Crippen molar-refractivity contribution in [3.8, 4) is 0 Å². The van der Waals surface area contributed by atoms with Crippen LogP contribution in [0.1, 0.15) is 49.3 Å². The molecule has 2 N–H and O–H groups in total. The van der Waals surface area contributed by atoms with E-state index in [1.807, 2.05) is 0 Å². The van der Waals surface area contributed by atoms with Crippen LogP contribution in [0.2, 0.25) is 10.0 Å². The van der Waals surface area contributed by atoms with Crippen LogP contribution in [0.25, 0.3) is 0 Å². The molecule has 3 rings (SSSR count). The maximum absolute atomic E-state index is 12.2. The number of aryl methyl sites for hydroxylation is 1. The van der Waals surface area contributed by atoms with Crippen LogP contribution in [0.15, 0.2) is 42.5 Å². The van der Waals surface area contributed by atoms with E-state index in [1.165, 1.54) is 18.2 Å². The molecule has 0 saturated heterocycles. The number of ether oxygens (including phenoxy) is 1. The van der Waals surface area contributed by atoms with E-state index >= 15 is 0 Å². The summed E-state index contributed by atoms with van der Waals surface area (Å²) >= 11 is 11.9. The van der Waals surface area contributed by atoms with Crippen molar-refractivity contribution in [2.75, 3.05) is 32.1 Å². The number of halogens is 2. The number of fused-ring (bicyclic) bond motifs is 1. The third kappa shape index (κ3) is 7.63. The Bertz CT molecular complexity index is 954. The van der Waals surface area contributed by atoms with Crippen LogP contribution >= 0.6 is 23.2 Å². The highest BCUT2D eigenvalue weighted by atomic mass is 35.5. The van der Waals surface area contributed by atoms with Crippen molar-refractivity contribution in [1.82, 2.24) is 10.2 Å². The van der Waals surface area contributed by atoms with Gasteiger partial charge in [-0.15, -0.1) is 0 Å². The maximum Gasteiger partial charge on any atom is 0.319 e. The zero-order valence-electron chi connectivity index (χ0n) is 18.9. The average molecular weight is 492 g/mol. The Labute approximate surface area is 205 Å². The number of benzene rings is 2. The second kappa shape index (κ2) is 12.8. The number of hydrogen-bond donors (Lipinski definition) is 2. The summed E-state index contributed by atoms with van der Waals surface area (Å²) in [5, 5.41) is 6.51. The van der Waals surface area contributed by atoms with Gasteiger partial charge in [0.2, 0.25) is 0 Å². The summed E-state index contributed by atoms with van der Waals surface area (Å²) in [6, 6.07) is 13.6. The van der Waals surface area contributed by atoms with Gasteiger partial charge in [0.15, 0.2) is 0 Å². The van der Waals surface area contributed by atoms with Gasteiger partial charge < -0.3 is 15.4 Å². The van der Waals surface area contributed by atoms with Gasteiger partial charge in [0.25, 0.3) is 0 Å². The Morgan fingerprint density at radius 1 is 1.09 bits per heavy atom. The molecule has 1 unspecified atom stereocenters. The predicted molar refractivity (Wildman–Crippen MR) is 133 cm³/mol. The molecule has 0 heterocycles. The van der Waals surface area contributed by atoms with Crippen LogP contribution in [0, 0.1) is 0 Å². The summed E-state index contributed by atoms with van der Waals surface area (Å²) in [5.74, 6) is -0.181. The summed E-state index contributed by atoms with van der Waals surface area (Å²) in [6.45, 7) is 2.17. The van der Waals surface area contributed by atoms with Crippen molar-refractivity contribution in [3.05, 3.63) is 63.6 Å². The first kappa shape index (κ1) is 25.3. The first-order valence-electron chi connectivity index (χ1n) is 11.4. The molecule has 0 radical (unpaired) electrons. The minimum atomic E-state index is -0.284. The Balaban J connectivity index is 1.53. The lowest BCUT2D eigenvalue weighted by atomic mass is 9.86. The van der Waals surface area contributed by atoms with E-state index in [9.17, 15) is 9.59 Å². The molecule has 0 saturated carbocycles. The second-order valence-corrected chi connectivity index (χ2v) is 9.00. The molecule has 33 heavy (non-hydrogen) atoms. The number of anilines is 1. The fourth-order valence-electron chi connectivity index (χ4n) is 4.29. The van der Waals surface area contributed by atoms with E-state index in [-0.39, 0.29) is 12.0 Å². The molecular formula is C25H31Cl2N3O3. The number of esters is 1. The summed E-state index contributed by atoms with van der Waals surface area (Å²) in [7, 11) is 1.42. The Morgan fingerprint density at radius 3 is 2.67 bits per heavy atom. The van der Waals surface area contributed by atoms with Crippen molar-refractivity contribution in [1.29, 1.82) is 0 Å². The fraction of sp³-hybridized carbons (Fsp3) is 0.440. The van der Waals surface area contributed by atoms with Crippen molar-refractivity contribution in [2.24, 2.45) is 0 Å². The number of urea groups is 1. The lowest BCUT2D eigenvalue weighted by Crippen LogP contribution is -2.36. The normalized spacial score (nSPS) is 15.1.